The highest BCUT2D eigenvalue weighted by atomic mass is 16.5. The van der Waals surface area contributed by atoms with Gasteiger partial charge in [0.15, 0.2) is 0 Å². The molecule has 0 heterocycles. The second-order valence-electron chi connectivity index (χ2n) is 5.49. The molecular formula is C13H24O2. The highest BCUT2D eigenvalue weighted by Gasteiger charge is 2.35. The quantitative estimate of drug-likeness (QED) is 0.670. The SMILES string of the molecule is CCOC(=O)CC1(C)CCC(C)C(C)C1. The number of ether oxygens (including phenoxy) is 1. The van der Waals surface area contributed by atoms with Gasteiger partial charge in [-0.3, -0.25) is 4.79 Å². The zero-order chi connectivity index (χ0) is 11.5. The van der Waals surface area contributed by atoms with Gasteiger partial charge in [0.05, 0.1) is 13.0 Å². The van der Waals surface area contributed by atoms with Crippen LogP contribution in [0, 0.1) is 17.3 Å². The average molecular weight is 212 g/mol. The molecule has 15 heavy (non-hydrogen) atoms. The van der Waals surface area contributed by atoms with E-state index in [2.05, 4.69) is 20.8 Å². The molecule has 0 aromatic carbocycles. The Labute approximate surface area is 93.4 Å². The lowest BCUT2D eigenvalue weighted by molar-refractivity contribution is -0.146. The van der Waals surface area contributed by atoms with Crippen LogP contribution in [0.25, 0.3) is 0 Å². The molecule has 0 bridgehead atoms. The van der Waals surface area contributed by atoms with Crippen LogP contribution < -0.4 is 0 Å². The minimum absolute atomic E-state index is 0.0262. The first-order valence-corrected chi connectivity index (χ1v) is 6.12. The van der Waals surface area contributed by atoms with E-state index in [0.717, 1.165) is 24.7 Å². The van der Waals surface area contributed by atoms with Gasteiger partial charge in [-0.2, -0.15) is 0 Å². The third-order valence-electron chi connectivity index (χ3n) is 3.87. The molecule has 1 aliphatic carbocycles. The molecule has 0 aromatic rings. The number of hydrogen-bond donors (Lipinski definition) is 0. The van der Waals surface area contributed by atoms with Crippen molar-refractivity contribution in [3.8, 4) is 0 Å². The van der Waals surface area contributed by atoms with E-state index in [0.29, 0.717) is 13.0 Å². The van der Waals surface area contributed by atoms with Crippen LogP contribution in [0.15, 0.2) is 0 Å². The molecule has 1 rings (SSSR count). The lowest BCUT2D eigenvalue weighted by Crippen LogP contribution is -2.31. The minimum Gasteiger partial charge on any atom is -0.466 e. The number of carbonyl (C=O) groups excluding carboxylic acids is 1. The lowest BCUT2D eigenvalue weighted by atomic mass is 9.66. The molecule has 1 fully saturated rings. The van der Waals surface area contributed by atoms with Crippen LogP contribution >= 0.6 is 0 Å². The molecule has 0 aliphatic heterocycles. The van der Waals surface area contributed by atoms with Crippen molar-refractivity contribution in [3.05, 3.63) is 0 Å². The Morgan fingerprint density at radius 3 is 2.60 bits per heavy atom. The fourth-order valence-corrected chi connectivity index (χ4v) is 2.66. The van der Waals surface area contributed by atoms with E-state index in [1.54, 1.807) is 0 Å². The van der Waals surface area contributed by atoms with E-state index in [1.807, 2.05) is 6.92 Å². The van der Waals surface area contributed by atoms with Crippen LogP contribution in [-0.4, -0.2) is 12.6 Å². The summed E-state index contributed by atoms with van der Waals surface area (Å²) in [5.74, 6) is 1.51. The predicted molar refractivity (Wildman–Crippen MR) is 61.5 cm³/mol. The van der Waals surface area contributed by atoms with Crippen molar-refractivity contribution in [3.63, 3.8) is 0 Å². The Bertz CT molecular complexity index is 225. The van der Waals surface area contributed by atoms with Crippen molar-refractivity contribution < 1.29 is 9.53 Å². The van der Waals surface area contributed by atoms with Gasteiger partial charge in [0.1, 0.15) is 0 Å². The van der Waals surface area contributed by atoms with Gasteiger partial charge in [-0.25, -0.2) is 0 Å². The highest BCUT2D eigenvalue weighted by molar-refractivity contribution is 5.70. The fourth-order valence-electron chi connectivity index (χ4n) is 2.66. The van der Waals surface area contributed by atoms with Crippen LogP contribution in [0.1, 0.15) is 53.4 Å². The first-order chi connectivity index (χ1) is 6.97. The van der Waals surface area contributed by atoms with Gasteiger partial charge in [-0.15, -0.1) is 0 Å². The van der Waals surface area contributed by atoms with Crippen molar-refractivity contribution >= 4 is 5.97 Å². The fraction of sp³-hybridized carbons (Fsp3) is 0.923. The molecule has 3 atom stereocenters. The largest absolute Gasteiger partial charge is 0.466 e. The number of rotatable bonds is 3. The molecule has 0 aromatic heterocycles. The molecule has 2 nitrogen and oxygen atoms in total. The smallest absolute Gasteiger partial charge is 0.306 e. The van der Waals surface area contributed by atoms with Gasteiger partial charge in [-0.1, -0.05) is 20.8 Å². The molecule has 2 heteroatoms. The van der Waals surface area contributed by atoms with Gasteiger partial charge in [0.2, 0.25) is 0 Å². The molecule has 0 spiro atoms. The predicted octanol–water partition coefficient (Wildman–Crippen LogP) is 3.40. The van der Waals surface area contributed by atoms with Gasteiger partial charge in [0, 0.05) is 0 Å². The molecule has 3 unspecified atom stereocenters. The van der Waals surface area contributed by atoms with Gasteiger partial charge in [-0.05, 0) is 43.4 Å². The van der Waals surface area contributed by atoms with Crippen LogP contribution in [0.3, 0.4) is 0 Å². The second kappa shape index (κ2) is 5.00. The van der Waals surface area contributed by atoms with Gasteiger partial charge >= 0.3 is 5.97 Å². The third kappa shape index (κ3) is 3.51. The molecule has 0 amide bonds. The van der Waals surface area contributed by atoms with E-state index >= 15 is 0 Å². The molecule has 0 radical (unpaired) electrons. The van der Waals surface area contributed by atoms with E-state index in [-0.39, 0.29) is 11.4 Å². The summed E-state index contributed by atoms with van der Waals surface area (Å²) in [4.78, 5) is 11.5. The Hall–Kier alpha value is -0.530. The highest BCUT2D eigenvalue weighted by Crippen LogP contribution is 2.44. The Morgan fingerprint density at radius 1 is 1.40 bits per heavy atom. The summed E-state index contributed by atoms with van der Waals surface area (Å²) < 4.78 is 5.03. The summed E-state index contributed by atoms with van der Waals surface area (Å²) in [5.41, 5.74) is 0.179. The first kappa shape index (κ1) is 12.5. The topological polar surface area (TPSA) is 26.3 Å². The third-order valence-corrected chi connectivity index (χ3v) is 3.87. The monoisotopic (exact) mass is 212 g/mol. The molecule has 0 saturated heterocycles. The zero-order valence-electron chi connectivity index (χ0n) is 10.5. The normalized spacial score (nSPS) is 36.3. The van der Waals surface area contributed by atoms with Crippen LogP contribution in [0.2, 0.25) is 0 Å². The lowest BCUT2D eigenvalue weighted by Gasteiger charge is -2.39. The standard InChI is InChI=1S/C13H24O2/c1-5-15-12(14)9-13(4)7-6-10(2)11(3)8-13/h10-11H,5-9H2,1-4H3. The Morgan fingerprint density at radius 2 is 2.07 bits per heavy atom. The van der Waals surface area contributed by atoms with Crippen LogP contribution in [0.5, 0.6) is 0 Å². The number of carbonyl (C=O) groups is 1. The Balaban J connectivity index is 2.49. The van der Waals surface area contributed by atoms with Gasteiger partial charge in [0.25, 0.3) is 0 Å². The average Bonchev–Trinajstić information content (AvgIpc) is 2.12. The first-order valence-electron chi connectivity index (χ1n) is 6.12. The maximum Gasteiger partial charge on any atom is 0.306 e. The maximum absolute atomic E-state index is 11.5. The van der Waals surface area contributed by atoms with E-state index in [1.165, 1.54) is 6.42 Å². The number of hydrogen-bond acceptors (Lipinski definition) is 2. The Kier molecular flexibility index (Phi) is 4.18. The van der Waals surface area contributed by atoms with Crippen molar-refractivity contribution in [2.24, 2.45) is 17.3 Å². The van der Waals surface area contributed by atoms with Crippen molar-refractivity contribution in [2.45, 2.75) is 53.4 Å². The van der Waals surface area contributed by atoms with Crippen molar-refractivity contribution in [2.75, 3.05) is 6.61 Å². The van der Waals surface area contributed by atoms with E-state index in [4.69, 9.17) is 4.74 Å². The van der Waals surface area contributed by atoms with E-state index in [9.17, 15) is 4.79 Å². The summed E-state index contributed by atoms with van der Waals surface area (Å²) >= 11 is 0. The minimum atomic E-state index is -0.0262. The maximum atomic E-state index is 11.5. The van der Waals surface area contributed by atoms with E-state index < -0.39 is 0 Å². The molecule has 1 saturated carbocycles. The summed E-state index contributed by atoms with van der Waals surface area (Å²) in [5, 5.41) is 0. The van der Waals surface area contributed by atoms with Crippen LogP contribution in [0.4, 0.5) is 0 Å². The molecule has 0 N–H and O–H groups in total. The van der Waals surface area contributed by atoms with Crippen molar-refractivity contribution in [1.82, 2.24) is 0 Å². The van der Waals surface area contributed by atoms with Crippen LogP contribution in [-0.2, 0) is 9.53 Å². The summed E-state index contributed by atoms with van der Waals surface area (Å²) in [7, 11) is 0. The van der Waals surface area contributed by atoms with Crippen molar-refractivity contribution in [1.29, 1.82) is 0 Å². The molecular weight excluding hydrogens is 188 g/mol. The summed E-state index contributed by atoms with van der Waals surface area (Å²) in [6.45, 7) is 9.21. The molecule has 1 aliphatic rings. The summed E-state index contributed by atoms with van der Waals surface area (Å²) in [6.07, 6.45) is 4.17. The molecule has 88 valence electrons. The second-order valence-corrected chi connectivity index (χ2v) is 5.49. The number of esters is 1. The zero-order valence-corrected chi connectivity index (χ0v) is 10.5. The summed E-state index contributed by atoms with van der Waals surface area (Å²) in [6, 6.07) is 0. The van der Waals surface area contributed by atoms with Gasteiger partial charge < -0.3 is 4.74 Å².